The predicted octanol–water partition coefficient (Wildman–Crippen LogP) is 3.11. The number of nitrogens with zero attached hydrogens (tertiary/aromatic N) is 1. The van der Waals surface area contributed by atoms with Crippen LogP contribution in [0.4, 0.5) is 0 Å². The van der Waals surface area contributed by atoms with Crippen LogP contribution in [0.15, 0.2) is 32.4 Å². The molecule has 3 nitrogen and oxygen atoms in total. The van der Waals surface area contributed by atoms with Crippen LogP contribution in [0.25, 0.3) is 0 Å². The first-order valence-electron chi connectivity index (χ1n) is 4.49. The van der Waals surface area contributed by atoms with Crippen molar-refractivity contribution in [3.8, 4) is 0 Å². The Hall–Kier alpha value is -0.0800. The second kappa shape index (κ2) is 8.08. The summed E-state index contributed by atoms with van der Waals surface area (Å²) in [4.78, 5) is 4.22. The molecular formula is C10H15BrIN3S. The number of hydrogen-bond donors (Lipinski definition) is 2. The molecule has 6 heteroatoms. The summed E-state index contributed by atoms with van der Waals surface area (Å²) in [6.07, 6.45) is 0. The van der Waals surface area contributed by atoms with Gasteiger partial charge in [-0.1, -0.05) is 12.2 Å². The summed E-state index contributed by atoms with van der Waals surface area (Å²) in [6.45, 7) is 6.98. The van der Waals surface area contributed by atoms with Gasteiger partial charge >= 0.3 is 0 Å². The zero-order valence-corrected chi connectivity index (χ0v) is 13.7. The van der Waals surface area contributed by atoms with Gasteiger partial charge in [-0.15, -0.1) is 35.3 Å². The van der Waals surface area contributed by atoms with Crippen LogP contribution in [0.5, 0.6) is 0 Å². The molecule has 0 unspecified atom stereocenters. The summed E-state index contributed by atoms with van der Waals surface area (Å²) in [5.41, 5.74) is 7.86. The van der Waals surface area contributed by atoms with Crippen molar-refractivity contribution in [3.05, 3.63) is 32.9 Å². The number of nitrogens with two attached hydrogens (primary N) is 1. The zero-order valence-electron chi connectivity index (χ0n) is 9.00. The van der Waals surface area contributed by atoms with E-state index in [1.165, 1.54) is 0 Å². The molecule has 0 fully saturated rings. The molecule has 0 aliphatic heterocycles. The summed E-state index contributed by atoms with van der Waals surface area (Å²) in [6, 6.07) is 2.03. The lowest BCUT2D eigenvalue weighted by molar-refractivity contribution is 0.940. The van der Waals surface area contributed by atoms with Gasteiger partial charge in [0.2, 0.25) is 0 Å². The van der Waals surface area contributed by atoms with Crippen molar-refractivity contribution in [2.45, 2.75) is 13.5 Å². The van der Waals surface area contributed by atoms with E-state index in [9.17, 15) is 0 Å². The van der Waals surface area contributed by atoms with E-state index in [1.54, 1.807) is 11.3 Å². The topological polar surface area (TPSA) is 50.4 Å². The summed E-state index contributed by atoms with van der Waals surface area (Å²) >= 11 is 5.10. The number of rotatable bonds is 4. The van der Waals surface area contributed by atoms with Gasteiger partial charge in [0.25, 0.3) is 0 Å². The molecule has 0 aliphatic carbocycles. The third-order valence-corrected chi connectivity index (χ3v) is 3.50. The number of hydrogen-bond acceptors (Lipinski definition) is 2. The molecule has 0 spiro atoms. The molecule has 0 radical (unpaired) electrons. The van der Waals surface area contributed by atoms with Gasteiger partial charge in [0.05, 0.1) is 10.3 Å². The van der Waals surface area contributed by atoms with Gasteiger partial charge in [0.15, 0.2) is 5.96 Å². The summed E-state index contributed by atoms with van der Waals surface area (Å²) in [7, 11) is 0. The Morgan fingerprint density at radius 1 is 1.69 bits per heavy atom. The lowest BCUT2D eigenvalue weighted by Gasteiger charge is -2.04. The minimum atomic E-state index is 0. The summed E-state index contributed by atoms with van der Waals surface area (Å²) in [5.74, 6) is 0.455. The molecule has 0 bridgehead atoms. The highest BCUT2D eigenvalue weighted by Crippen LogP contribution is 2.23. The molecule has 0 aliphatic rings. The minimum absolute atomic E-state index is 0. The molecule has 3 N–H and O–H groups in total. The number of halogens is 2. The maximum Gasteiger partial charge on any atom is 0.189 e. The van der Waals surface area contributed by atoms with Crippen molar-refractivity contribution in [1.82, 2.24) is 5.32 Å². The number of nitrogens with one attached hydrogen (secondary N) is 1. The van der Waals surface area contributed by atoms with Crippen LogP contribution in [0.1, 0.15) is 12.5 Å². The average Bonchev–Trinajstić information content (AvgIpc) is 2.58. The fourth-order valence-electron chi connectivity index (χ4n) is 0.900. The highest BCUT2D eigenvalue weighted by Gasteiger charge is 1.99. The molecule has 90 valence electrons. The Balaban J connectivity index is 0.00000225. The second-order valence-electron chi connectivity index (χ2n) is 3.23. The Kier molecular flexibility index (Phi) is 8.04. The van der Waals surface area contributed by atoms with Crippen LogP contribution in [0.2, 0.25) is 0 Å². The van der Waals surface area contributed by atoms with Crippen molar-refractivity contribution in [2.24, 2.45) is 10.7 Å². The van der Waals surface area contributed by atoms with E-state index in [4.69, 9.17) is 5.73 Å². The molecular weight excluding hydrogens is 401 g/mol. The van der Waals surface area contributed by atoms with E-state index >= 15 is 0 Å². The molecule has 1 rings (SSSR count). The van der Waals surface area contributed by atoms with Crippen LogP contribution in [-0.2, 0) is 6.54 Å². The SMILES string of the molecule is C=C(C)CNC(N)=NCc1ccsc1Br.I. The average molecular weight is 416 g/mol. The van der Waals surface area contributed by atoms with Gasteiger partial charge < -0.3 is 11.1 Å². The monoisotopic (exact) mass is 415 g/mol. The largest absolute Gasteiger partial charge is 0.370 e. The third kappa shape index (κ3) is 5.86. The fourth-order valence-corrected chi connectivity index (χ4v) is 2.12. The second-order valence-corrected chi connectivity index (χ2v) is 5.47. The van der Waals surface area contributed by atoms with Crippen LogP contribution in [0.3, 0.4) is 0 Å². The van der Waals surface area contributed by atoms with E-state index in [-0.39, 0.29) is 24.0 Å². The molecule has 0 aromatic carbocycles. The smallest absolute Gasteiger partial charge is 0.189 e. The first kappa shape index (κ1) is 15.9. The molecule has 0 saturated heterocycles. The Morgan fingerprint density at radius 2 is 2.38 bits per heavy atom. The molecule has 0 saturated carbocycles. The molecule has 1 heterocycles. The van der Waals surface area contributed by atoms with E-state index in [0.29, 0.717) is 19.0 Å². The van der Waals surface area contributed by atoms with E-state index in [1.807, 2.05) is 18.4 Å². The highest BCUT2D eigenvalue weighted by atomic mass is 127. The van der Waals surface area contributed by atoms with Crippen molar-refractivity contribution in [1.29, 1.82) is 0 Å². The number of aliphatic imine (C=N–C) groups is 1. The van der Waals surface area contributed by atoms with Crippen LogP contribution < -0.4 is 11.1 Å². The molecule has 1 aromatic heterocycles. The first-order valence-corrected chi connectivity index (χ1v) is 6.17. The van der Waals surface area contributed by atoms with Gasteiger partial charge in [-0.05, 0) is 39.9 Å². The Labute approximate surface area is 125 Å². The van der Waals surface area contributed by atoms with E-state index < -0.39 is 0 Å². The van der Waals surface area contributed by atoms with Gasteiger partial charge in [-0.2, -0.15) is 0 Å². The zero-order chi connectivity index (χ0) is 11.3. The first-order chi connectivity index (χ1) is 7.09. The molecule has 0 atom stereocenters. The minimum Gasteiger partial charge on any atom is -0.370 e. The van der Waals surface area contributed by atoms with Crippen LogP contribution in [-0.4, -0.2) is 12.5 Å². The molecule has 1 aromatic rings. The van der Waals surface area contributed by atoms with Gasteiger partial charge in [-0.25, -0.2) is 4.99 Å². The molecule has 0 amide bonds. The maximum absolute atomic E-state index is 5.67. The van der Waals surface area contributed by atoms with Crippen molar-refractivity contribution in [3.63, 3.8) is 0 Å². The quantitative estimate of drug-likeness (QED) is 0.343. The lowest BCUT2D eigenvalue weighted by Crippen LogP contribution is -2.32. The van der Waals surface area contributed by atoms with Crippen molar-refractivity contribution < 1.29 is 0 Å². The lowest BCUT2D eigenvalue weighted by atomic mass is 10.3. The predicted molar refractivity (Wildman–Crippen MR) is 85.6 cm³/mol. The number of thiophene rings is 1. The normalized spacial score (nSPS) is 10.8. The Bertz CT molecular complexity index is 376. The van der Waals surface area contributed by atoms with E-state index in [0.717, 1.165) is 14.9 Å². The maximum atomic E-state index is 5.67. The van der Waals surface area contributed by atoms with Crippen molar-refractivity contribution in [2.75, 3.05) is 6.54 Å². The van der Waals surface area contributed by atoms with Crippen LogP contribution in [0, 0.1) is 0 Å². The number of guanidine groups is 1. The van der Waals surface area contributed by atoms with E-state index in [2.05, 4.69) is 32.8 Å². The standard InChI is InChI=1S/C10H14BrN3S.HI/c1-7(2)5-13-10(12)14-6-8-3-4-15-9(8)11;/h3-4H,1,5-6H2,2H3,(H3,12,13,14);1H. The molecule has 16 heavy (non-hydrogen) atoms. The summed E-state index contributed by atoms with van der Waals surface area (Å²) < 4.78 is 1.11. The van der Waals surface area contributed by atoms with Crippen LogP contribution >= 0.6 is 51.2 Å². The Morgan fingerprint density at radius 3 is 2.88 bits per heavy atom. The highest BCUT2D eigenvalue weighted by molar-refractivity contribution is 14.0. The van der Waals surface area contributed by atoms with Gasteiger partial charge in [-0.3, -0.25) is 0 Å². The van der Waals surface area contributed by atoms with Gasteiger partial charge in [0.1, 0.15) is 0 Å². The fraction of sp³-hybridized carbons (Fsp3) is 0.300. The van der Waals surface area contributed by atoms with Gasteiger partial charge in [0, 0.05) is 6.54 Å². The van der Waals surface area contributed by atoms with Crippen molar-refractivity contribution >= 4 is 57.2 Å². The third-order valence-electron chi connectivity index (χ3n) is 1.68. The summed E-state index contributed by atoms with van der Waals surface area (Å²) in [5, 5.41) is 5.00.